The summed E-state index contributed by atoms with van der Waals surface area (Å²) >= 11 is 0. The van der Waals surface area contributed by atoms with Gasteiger partial charge >= 0.3 is 5.97 Å². The second kappa shape index (κ2) is 5.83. The first-order valence-corrected chi connectivity index (χ1v) is 7.04. The molecule has 0 fully saturated rings. The summed E-state index contributed by atoms with van der Waals surface area (Å²) in [5.74, 6) is 0.346. The van der Waals surface area contributed by atoms with Gasteiger partial charge in [-0.25, -0.2) is 10.5 Å². The Balaban J connectivity index is 2.04. The highest BCUT2D eigenvalue weighted by Crippen LogP contribution is 2.34. The van der Waals surface area contributed by atoms with Crippen LogP contribution in [0.1, 0.15) is 50.8 Å². The molecule has 2 rings (SSSR count). The van der Waals surface area contributed by atoms with Crippen molar-refractivity contribution in [2.45, 2.75) is 51.7 Å². The smallest absolute Gasteiger partial charge is 0.344 e. The molecule has 109 valence electrons. The molecule has 0 aromatic heterocycles. The molecule has 1 aromatic carbocycles. The maximum atomic E-state index is 11.7. The molecule has 0 saturated carbocycles. The lowest BCUT2D eigenvalue weighted by Crippen LogP contribution is -2.27. The van der Waals surface area contributed by atoms with Crippen molar-refractivity contribution in [3.63, 3.8) is 0 Å². The van der Waals surface area contributed by atoms with E-state index in [0.29, 0.717) is 5.75 Å². The van der Waals surface area contributed by atoms with Gasteiger partial charge in [-0.15, -0.1) is 0 Å². The Morgan fingerprint density at radius 3 is 2.85 bits per heavy atom. The third-order valence-corrected chi connectivity index (χ3v) is 3.23. The van der Waals surface area contributed by atoms with Crippen molar-refractivity contribution in [1.82, 2.24) is 5.73 Å². The Morgan fingerprint density at radius 2 is 2.15 bits per heavy atom. The second-order valence-corrected chi connectivity index (χ2v) is 6.14. The van der Waals surface area contributed by atoms with E-state index in [1.807, 2.05) is 39.0 Å². The summed E-state index contributed by atoms with van der Waals surface area (Å²) in [5, 5.41) is 0. The fourth-order valence-corrected chi connectivity index (χ4v) is 2.46. The SMILES string of the molecule is CC(C)(C)OC(=O)COc1cccc2c1CCC[C@H]2[NH]. The van der Waals surface area contributed by atoms with Crippen LogP contribution < -0.4 is 10.5 Å². The lowest BCUT2D eigenvalue weighted by Gasteiger charge is -2.24. The van der Waals surface area contributed by atoms with E-state index in [1.54, 1.807) is 0 Å². The molecule has 20 heavy (non-hydrogen) atoms. The maximum absolute atomic E-state index is 11.7. The number of nitrogens with one attached hydrogen (secondary N) is 1. The summed E-state index contributed by atoms with van der Waals surface area (Å²) in [5.41, 5.74) is 9.64. The molecule has 0 aliphatic heterocycles. The van der Waals surface area contributed by atoms with Gasteiger partial charge in [0.05, 0.1) is 0 Å². The van der Waals surface area contributed by atoms with Gasteiger partial charge < -0.3 is 9.47 Å². The molecule has 1 aliphatic carbocycles. The molecule has 4 nitrogen and oxygen atoms in total. The number of hydrogen-bond acceptors (Lipinski definition) is 3. The van der Waals surface area contributed by atoms with Crippen LogP contribution in [0.5, 0.6) is 5.75 Å². The number of carbonyl (C=O) groups is 1. The molecule has 1 N–H and O–H groups in total. The first-order valence-electron chi connectivity index (χ1n) is 7.04. The minimum absolute atomic E-state index is 0.0869. The van der Waals surface area contributed by atoms with Crippen LogP contribution in [0, 0.1) is 0 Å². The lowest BCUT2D eigenvalue weighted by molar-refractivity contribution is -0.157. The van der Waals surface area contributed by atoms with Gasteiger partial charge in [0.2, 0.25) is 0 Å². The number of fused-ring (bicyclic) bond motifs is 1. The van der Waals surface area contributed by atoms with Gasteiger partial charge in [0.15, 0.2) is 6.61 Å². The molecule has 0 unspecified atom stereocenters. The third kappa shape index (κ3) is 3.73. The molecule has 1 aromatic rings. The molecular weight excluding hydrogens is 254 g/mol. The predicted octanol–water partition coefficient (Wildman–Crippen LogP) is 3.07. The fraction of sp³-hybridized carbons (Fsp3) is 0.562. The van der Waals surface area contributed by atoms with Crippen molar-refractivity contribution >= 4 is 5.97 Å². The molecule has 1 aliphatic rings. The molecule has 0 amide bonds. The summed E-state index contributed by atoms with van der Waals surface area (Å²) in [7, 11) is 0. The predicted molar refractivity (Wildman–Crippen MR) is 76.6 cm³/mol. The number of benzene rings is 1. The van der Waals surface area contributed by atoms with E-state index in [0.717, 1.165) is 30.4 Å². The Hall–Kier alpha value is -1.55. The van der Waals surface area contributed by atoms with Crippen LogP contribution in [0.3, 0.4) is 0 Å². The van der Waals surface area contributed by atoms with E-state index in [2.05, 4.69) is 0 Å². The molecule has 1 atom stereocenters. The van der Waals surface area contributed by atoms with Gasteiger partial charge in [-0.2, -0.15) is 0 Å². The zero-order valence-electron chi connectivity index (χ0n) is 12.4. The van der Waals surface area contributed by atoms with E-state index in [-0.39, 0.29) is 18.6 Å². The summed E-state index contributed by atoms with van der Waals surface area (Å²) in [6.45, 7) is 5.41. The Labute approximate surface area is 120 Å². The molecule has 4 heteroatoms. The second-order valence-electron chi connectivity index (χ2n) is 6.14. The van der Waals surface area contributed by atoms with Gasteiger partial charge in [0.1, 0.15) is 11.4 Å². The van der Waals surface area contributed by atoms with Gasteiger partial charge in [-0.1, -0.05) is 12.1 Å². The quantitative estimate of drug-likeness (QED) is 0.797. The van der Waals surface area contributed by atoms with Crippen LogP contribution in [-0.4, -0.2) is 18.2 Å². The zero-order valence-corrected chi connectivity index (χ0v) is 12.4. The summed E-state index contributed by atoms with van der Waals surface area (Å²) in [6, 6.07) is 5.55. The van der Waals surface area contributed by atoms with Crippen LogP contribution in [0.25, 0.3) is 0 Å². The van der Waals surface area contributed by atoms with Gasteiger partial charge in [0.25, 0.3) is 0 Å². The standard InChI is InChI=1S/C16H22NO3/c1-16(2,3)20-15(18)10-19-14-9-5-6-11-12(14)7-4-8-13(11)17/h5-6,9,13,17H,4,7-8,10H2,1-3H3/t13-/m1/s1. The highest BCUT2D eigenvalue weighted by molar-refractivity contribution is 5.71. The van der Waals surface area contributed by atoms with E-state index < -0.39 is 5.60 Å². The van der Waals surface area contributed by atoms with Crippen LogP contribution in [0.4, 0.5) is 0 Å². The lowest BCUT2D eigenvalue weighted by atomic mass is 9.88. The Bertz CT molecular complexity index is 491. The Morgan fingerprint density at radius 1 is 1.40 bits per heavy atom. The first kappa shape index (κ1) is 14.9. The maximum Gasteiger partial charge on any atom is 0.344 e. The largest absolute Gasteiger partial charge is 0.482 e. The molecule has 0 saturated heterocycles. The number of rotatable bonds is 3. The molecule has 0 heterocycles. The number of carbonyl (C=O) groups excluding carboxylic acids is 1. The van der Waals surface area contributed by atoms with Crippen LogP contribution in [0.2, 0.25) is 0 Å². The monoisotopic (exact) mass is 276 g/mol. The van der Waals surface area contributed by atoms with Crippen molar-refractivity contribution in [2.24, 2.45) is 0 Å². The van der Waals surface area contributed by atoms with Crippen molar-refractivity contribution in [3.8, 4) is 5.75 Å². The van der Waals surface area contributed by atoms with Gasteiger partial charge in [0, 0.05) is 6.04 Å². The van der Waals surface area contributed by atoms with Gasteiger partial charge in [-0.3, -0.25) is 0 Å². The van der Waals surface area contributed by atoms with Crippen molar-refractivity contribution < 1.29 is 14.3 Å². The number of hydrogen-bond donors (Lipinski definition) is 0. The molecule has 0 spiro atoms. The van der Waals surface area contributed by atoms with Crippen molar-refractivity contribution in [2.75, 3.05) is 6.61 Å². The van der Waals surface area contributed by atoms with Crippen LogP contribution in [0.15, 0.2) is 18.2 Å². The fourth-order valence-electron chi connectivity index (χ4n) is 2.46. The Kier molecular flexibility index (Phi) is 4.33. The average molecular weight is 276 g/mol. The molecule has 0 bridgehead atoms. The summed E-state index contributed by atoms with van der Waals surface area (Å²) in [4.78, 5) is 11.7. The zero-order chi connectivity index (χ0) is 14.8. The minimum Gasteiger partial charge on any atom is -0.482 e. The normalized spacial score (nSPS) is 18.3. The van der Waals surface area contributed by atoms with E-state index in [9.17, 15) is 4.79 Å². The summed E-state index contributed by atoms with van der Waals surface area (Å²) in [6.07, 6.45) is 2.80. The van der Waals surface area contributed by atoms with Gasteiger partial charge in [-0.05, 0) is 57.2 Å². The van der Waals surface area contributed by atoms with E-state index >= 15 is 0 Å². The number of esters is 1. The highest BCUT2D eigenvalue weighted by atomic mass is 16.6. The van der Waals surface area contributed by atoms with Crippen LogP contribution in [-0.2, 0) is 16.0 Å². The topological polar surface area (TPSA) is 59.3 Å². The highest BCUT2D eigenvalue weighted by Gasteiger charge is 2.21. The van der Waals surface area contributed by atoms with E-state index in [1.165, 1.54) is 0 Å². The minimum atomic E-state index is -0.497. The van der Waals surface area contributed by atoms with E-state index in [4.69, 9.17) is 15.2 Å². The molecule has 1 radical (unpaired) electrons. The average Bonchev–Trinajstić information content (AvgIpc) is 2.35. The third-order valence-electron chi connectivity index (χ3n) is 3.23. The molecular formula is C16H22NO3. The first-order chi connectivity index (χ1) is 9.37. The number of ether oxygens (including phenoxy) is 2. The van der Waals surface area contributed by atoms with Crippen molar-refractivity contribution in [1.29, 1.82) is 0 Å². The van der Waals surface area contributed by atoms with Crippen LogP contribution >= 0.6 is 0 Å². The summed E-state index contributed by atoms with van der Waals surface area (Å²) < 4.78 is 10.8. The van der Waals surface area contributed by atoms with Crippen molar-refractivity contribution in [3.05, 3.63) is 29.3 Å².